The van der Waals surface area contributed by atoms with Crippen LogP contribution in [0.15, 0.2) is 34.9 Å². The molecule has 2 atom stereocenters. The number of rotatable bonds is 2. The molecule has 0 radical (unpaired) electrons. The molecule has 30 heavy (non-hydrogen) atoms. The molecule has 2 aliphatic heterocycles. The molecular weight excluding hydrogens is 409 g/mol. The molecule has 0 bridgehead atoms. The molecule has 2 saturated heterocycles. The van der Waals surface area contributed by atoms with Crippen LogP contribution in [0.3, 0.4) is 0 Å². The highest BCUT2D eigenvalue weighted by atomic mass is 19.4. The molecule has 2 aromatic rings. The zero-order valence-electron chi connectivity index (χ0n) is 15.9. The number of morpholine rings is 1. The minimum absolute atomic E-state index is 0.00855. The average Bonchev–Trinajstić information content (AvgIpc) is 3.37. The Kier molecular flexibility index (Phi) is 6.25. The topological polar surface area (TPSA) is 109 Å². The standard InChI is InChI=1S/C16H18N4O3.C2HF3O2/c1-11-4-5-15(18-17-11)20-6-8-23-14-10-19(9-12(14)20)16(21)13-3-2-7-22-13;3-2(4,5)1(6)7/h2-5,7,12,14H,6,8-10H2,1H3;(H,6,7)/t12-,14+;/m1./s1. The van der Waals surface area contributed by atoms with Crippen molar-refractivity contribution in [2.24, 2.45) is 0 Å². The fourth-order valence-electron chi connectivity index (χ4n) is 3.24. The molecule has 2 fully saturated rings. The molecule has 2 aromatic heterocycles. The lowest BCUT2D eigenvalue weighted by Gasteiger charge is -2.37. The van der Waals surface area contributed by atoms with E-state index in [-0.39, 0.29) is 18.1 Å². The van der Waals surface area contributed by atoms with E-state index in [2.05, 4.69) is 15.1 Å². The number of ether oxygens (including phenoxy) is 1. The van der Waals surface area contributed by atoms with Crippen molar-refractivity contribution in [1.82, 2.24) is 15.1 Å². The molecule has 2 aliphatic rings. The fourth-order valence-corrected chi connectivity index (χ4v) is 3.24. The molecular formula is C18H19F3N4O5. The normalized spacial score (nSPS) is 20.9. The molecule has 0 aliphatic carbocycles. The Labute approximate surface area is 169 Å². The van der Waals surface area contributed by atoms with E-state index < -0.39 is 12.1 Å². The highest BCUT2D eigenvalue weighted by Gasteiger charge is 2.43. The lowest BCUT2D eigenvalue weighted by Crippen LogP contribution is -2.51. The van der Waals surface area contributed by atoms with E-state index in [0.29, 0.717) is 25.5 Å². The highest BCUT2D eigenvalue weighted by molar-refractivity contribution is 5.91. The Morgan fingerprint density at radius 1 is 1.20 bits per heavy atom. The summed E-state index contributed by atoms with van der Waals surface area (Å²) in [4.78, 5) is 25.3. The maximum Gasteiger partial charge on any atom is 0.490 e. The van der Waals surface area contributed by atoms with Crippen LogP contribution in [0.1, 0.15) is 16.2 Å². The van der Waals surface area contributed by atoms with Crippen molar-refractivity contribution in [3.8, 4) is 0 Å². The summed E-state index contributed by atoms with van der Waals surface area (Å²) in [5.41, 5.74) is 0.889. The van der Waals surface area contributed by atoms with E-state index in [1.165, 1.54) is 6.26 Å². The summed E-state index contributed by atoms with van der Waals surface area (Å²) in [5.74, 6) is -1.65. The van der Waals surface area contributed by atoms with Crippen molar-refractivity contribution < 1.29 is 37.0 Å². The number of anilines is 1. The number of furan rings is 1. The molecule has 0 spiro atoms. The quantitative estimate of drug-likeness (QED) is 0.771. The summed E-state index contributed by atoms with van der Waals surface area (Å²) >= 11 is 0. The Morgan fingerprint density at radius 2 is 1.93 bits per heavy atom. The van der Waals surface area contributed by atoms with Crippen LogP contribution in [0.25, 0.3) is 0 Å². The smallest absolute Gasteiger partial charge is 0.475 e. The third kappa shape index (κ3) is 4.87. The number of likely N-dealkylation sites (tertiary alicyclic amines) is 1. The van der Waals surface area contributed by atoms with E-state index >= 15 is 0 Å². The molecule has 0 aromatic carbocycles. The SMILES string of the molecule is Cc1ccc(N2CCO[C@H]3CN(C(=O)c4ccco4)C[C@H]32)nn1.O=C(O)C(F)(F)F. The number of alkyl halides is 3. The number of aryl methyl sites for hydroxylation is 1. The number of carbonyl (C=O) groups is 2. The maximum absolute atomic E-state index is 12.5. The molecule has 4 heterocycles. The maximum atomic E-state index is 12.5. The summed E-state index contributed by atoms with van der Waals surface area (Å²) < 4.78 is 42.8. The third-order valence-electron chi connectivity index (χ3n) is 4.64. The van der Waals surface area contributed by atoms with Crippen LogP contribution in [0, 0.1) is 6.92 Å². The van der Waals surface area contributed by atoms with Gasteiger partial charge in [0.2, 0.25) is 0 Å². The number of aromatic nitrogens is 2. The summed E-state index contributed by atoms with van der Waals surface area (Å²) in [6, 6.07) is 7.43. The molecule has 0 saturated carbocycles. The van der Waals surface area contributed by atoms with Gasteiger partial charge >= 0.3 is 12.1 Å². The van der Waals surface area contributed by atoms with Gasteiger partial charge in [-0.15, -0.1) is 5.10 Å². The Morgan fingerprint density at radius 3 is 2.50 bits per heavy atom. The number of hydrogen-bond acceptors (Lipinski definition) is 7. The number of nitrogens with zero attached hydrogens (tertiary/aromatic N) is 4. The number of aliphatic carboxylic acids is 1. The zero-order valence-corrected chi connectivity index (χ0v) is 15.9. The molecule has 1 N–H and O–H groups in total. The van der Waals surface area contributed by atoms with Gasteiger partial charge in [0.15, 0.2) is 11.6 Å². The van der Waals surface area contributed by atoms with Gasteiger partial charge in [0.1, 0.15) is 0 Å². The van der Waals surface area contributed by atoms with Crippen LogP contribution in [0.4, 0.5) is 19.0 Å². The fraction of sp³-hybridized carbons (Fsp3) is 0.444. The van der Waals surface area contributed by atoms with Gasteiger partial charge in [-0.25, -0.2) is 4.79 Å². The van der Waals surface area contributed by atoms with E-state index in [1.807, 2.05) is 19.1 Å². The van der Waals surface area contributed by atoms with Gasteiger partial charge in [-0.1, -0.05) is 0 Å². The first-order chi connectivity index (χ1) is 14.2. The van der Waals surface area contributed by atoms with Crippen LogP contribution in [0.5, 0.6) is 0 Å². The van der Waals surface area contributed by atoms with Crippen molar-refractivity contribution in [3.63, 3.8) is 0 Å². The predicted molar refractivity (Wildman–Crippen MR) is 95.9 cm³/mol. The van der Waals surface area contributed by atoms with Crippen molar-refractivity contribution in [2.45, 2.75) is 25.2 Å². The molecule has 162 valence electrons. The molecule has 9 nitrogen and oxygen atoms in total. The monoisotopic (exact) mass is 428 g/mol. The minimum Gasteiger partial charge on any atom is -0.475 e. The number of carboxylic acids is 1. The van der Waals surface area contributed by atoms with Gasteiger partial charge < -0.3 is 24.1 Å². The molecule has 1 amide bonds. The Bertz CT molecular complexity index is 873. The first-order valence-corrected chi connectivity index (χ1v) is 8.98. The van der Waals surface area contributed by atoms with Crippen LogP contribution in [-0.4, -0.2) is 76.6 Å². The molecule has 4 rings (SSSR count). The van der Waals surface area contributed by atoms with E-state index in [0.717, 1.165) is 18.1 Å². The number of halogens is 3. The molecule has 0 unspecified atom stereocenters. The lowest BCUT2D eigenvalue weighted by molar-refractivity contribution is -0.192. The first kappa shape index (κ1) is 21.6. The second-order valence-corrected chi connectivity index (χ2v) is 6.69. The Balaban J connectivity index is 0.000000318. The van der Waals surface area contributed by atoms with E-state index in [4.69, 9.17) is 19.1 Å². The second kappa shape index (κ2) is 8.69. The summed E-state index contributed by atoms with van der Waals surface area (Å²) in [7, 11) is 0. The van der Waals surface area contributed by atoms with Gasteiger partial charge in [0.25, 0.3) is 5.91 Å². The number of carbonyl (C=O) groups excluding carboxylic acids is 1. The summed E-state index contributed by atoms with van der Waals surface area (Å²) in [6.07, 6.45) is -3.58. The van der Waals surface area contributed by atoms with Crippen molar-refractivity contribution in [3.05, 3.63) is 42.0 Å². The van der Waals surface area contributed by atoms with Crippen LogP contribution < -0.4 is 4.90 Å². The number of fused-ring (bicyclic) bond motifs is 1. The third-order valence-corrected chi connectivity index (χ3v) is 4.64. The number of amides is 1. The van der Waals surface area contributed by atoms with Gasteiger partial charge in [-0.2, -0.15) is 18.3 Å². The van der Waals surface area contributed by atoms with Crippen molar-refractivity contribution >= 4 is 17.7 Å². The second-order valence-electron chi connectivity index (χ2n) is 6.69. The van der Waals surface area contributed by atoms with Gasteiger partial charge in [-0.3, -0.25) is 4.79 Å². The number of carboxylic acid groups (broad SMARTS) is 1. The van der Waals surface area contributed by atoms with Crippen LogP contribution in [-0.2, 0) is 9.53 Å². The lowest BCUT2D eigenvalue weighted by atomic mass is 10.1. The van der Waals surface area contributed by atoms with E-state index in [9.17, 15) is 18.0 Å². The Hall–Kier alpha value is -3.15. The first-order valence-electron chi connectivity index (χ1n) is 8.98. The summed E-state index contributed by atoms with van der Waals surface area (Å²) in [5, 5.41) is 15.5. The summed E-state index contributed by atoms with van der Waals surface area (Å²) in [6.45, 7) is 4.46. The number of hydrogen-bond donors (Lipinski definition) is 1. The van der Waals surface area contributed by atoms with Crippen LogP contribution >= 0.6 is 0 Å². The average molecular weight is 428 g/mol. The molecule has 12 heteroatoms. The largest absolute Gasteiger partial charge is 0.490 e. The van der Waals surface area contributed by atoms with Gasteiger partial charge in [0.05, 0.1) is 30.7 Å². The predicted octanol–water partition coefficient (Wildman–Crippen LogP) is 1.74. The van der Waals surface area contributed by atoms with Crippen molar-refractivity contribution in [1.29, 1.82) is 0 Å². The van der Waals surface area contributed by atoms with Crippen LogP contribution in [0.2, 0.25) is 0 Å². The van der Waals surface area contributed by atoms with E-state index in [1.54, 1.807) is 17.0 Å². The van der Waals surface area contributed by atoms with Gasteiger partial charge in [-0.05, 0) is 31.2 Å². The van der Waals surface area contributed by atoms with Gasteiger partial charge in [0, 0.05) is 19.6 Å². The zero-order chi connectivity index (χ0) is 21.9. The highest BCUT2D eigenvalue weighted by Crippen LogP contribution is 2.27. The minimum atomic E-state index is -5.08. The van der Waals surface area contributed by atoms with Crippen molar-refractivity contribution in [2.75, 3.05) is 31.1 Å².